The fourth-order valence-corrected chi connectivity index (χ4v) is 5.96. The summed E-state index contributed by atoms with van der Waals surface area (Å²) in [6, 6.07) is 8.12. The molecule has 3 aliphatic rings. The summed E-state index contributed by atoms with van der Waals surface area (Å²) in [4.78, 5) is 17.0. The van der Waals surface area contributed by atoms with Gasteiger partial charge in [0.15, 0.2) is 5.11 Å². The van der Waals surface area contributed by atoms with Crippen molar-refractivity contribution in [3.05, 3.63) is 34.9 Å². The van der Waals surface area contributed by atoms with Crippen LogP contribution in [0.1, 0.15) is 43.0 Å². The lowest BCUT2D eigenvalue weighted by Crippen LogP contribution is -2.42. The Labute approximate surface area is 151 Å². The number of rotatable bonds is 2. The molecule has 0 N–H and O–H groups in total. The average Bonchev–Trinajstić information content (AvgIpc) is 3.10. The Morgan fingerprint density at radius 2 is 1.83 bits per heavy atom. The molecule has 0 spiro atoms. The van der Waals surface area contributed by atoms with Crippen LogP contribution in [-0.2, 0) is 4.79 Å². The van der Waals surface area contributed by atoms with Crippen LogP contribution in [0.15, 0.2) is 24.3 Å². The van der Waals surface area contributed by atoms with Crippen LogP contribution in [0.25, 0.3) is 0 Å². The number of thioether (sulfide) groups is 1. The summed E-state index contributed by atoms with van der Waals surface area (Å²) >= 11 is 13.5. The number of amides is 1. The largest absolute Gasteiger partial charge is 0.320 e. The standard InChI is InChI=1S/C17H19ClN2OS2/c18-12-8-6-11(7-9-12)16-20-14(10-23-16)15(21)19(17(20)22)13-4-2-1-3-5-13/h6-9,13-14,16H,1-5,10H2/t14-,16-/m1/s1. The third-order valence-corrected chi connectivity index (χ3v) is 7.03. The van der Waals surface area contributed by atoms with E-state index in [1.54, 1.807) is 11.8 Å². The minimum absolute atomic E-state index is 0.0879. The highest BCUT2D eigenvalue weighted by Crippen LogP contribution is 2.46. The number of hydrogen-bond donors (Lipinski definition) is 0. The lowest BCUT2D eigenvalue weighted by molar-refractivity contribution is -0.129. The molecule has 23 heavy (non-hydrogen) atoms. The van der Waals surface area contributed by atoms with Crippen molar-refractivity contribution in [2.75, 3.05) is 5.75 Å². The first-order valence-electron chi connectivity index (χ1n) is 8.19. The van der Waals surface area contributed by atoms with Gasteiger partial charge in [0.25, 0.3) is 5.91 Å². The molecule has 122 valence electrons. The Balaban J connectivity index is 1.60. The first kappa shape index (κ1) is 15.7. The normalized spacial score (nSPS) is 28.6. The number of thiocarbonyl (C=S) groups is 1. The van der Waals surface area contributed by atoms with Crippen molar-refractivity contribution in [1.29, 1.82) is 0 Å². The van der Waals surface area contributed by atoms with Crippen LogP contribution in [0, 0.1) is 0 Å². The predicted molar refractivity (Wildman–Crippen MR) is 98.6 cm³/mol. The maximum atomic E-state index is 12.9. The van der Waals surface area contributed by atoms with E-state index in [2.05, 4.69) is 4.90 Å². The summed E-state index contributed by atoms with van der Waals surface area (Å²) in [7, 11) is 0. The summed E-state index contributed by atoms with van der Waals surface area (Å²) < 4.78 is 0. The number of nitrogens with zero attached hydrogens (tertiary/aromatic N) is 2. The van der Waals surface area contributed by atoms with E-state index in [4.69, 9.17) is 23.8 Å². The van der Waals surface area contributed by atoms with Gasteiger partial charge in [-0.15, -0.1) is 11.8 Å². The third-order valence-electron chi connectivity index (χ3n) is 5.04. The van der Waals surface area contributed by atoms with Gasteiger partial charge in [-0.25, -0.2) is 0 Å². The summed E-state index contributed by atoms with van der Waals surface area (Å²) in [6.07, 6.45) is 5.87. The van der Waals surface area contributed by atoms with Crippen molar-refractivity contribution >= 4 is 46.6 Å². The van der Waals surface area contributed by atoms with Crippen molar-refractivity contribution in [1.82, 2.24) is 9.80 Å². The third kappa shape index (κ3) is 2.67. The molecule has 2 saturated heterocycles. The minimum Gasteiger partial charge on any atom is -0.320 e. The van der Waals surface area contributed by atoms with Crippen LogP contribution in [0.2, 0.25) is 5.02 Å². The second kappa shape index (κ2) is 6.26. The van der Waals surface area contributed by atoms with Crippen molar-refractivity contribution in [2.45, 2.75) is 49.6 Å². The molecule has 2 heterocycles. The Morgan fingerprint density at radius 1 is 1.13 bits per heavy atom. The molecule has 0 unspecified atom stereocenters. The lowest BCUT2D eigenvalue weighted by atomic mass is 9.94. The molecule has 1 aliphatic carbocycles. The van der Waals surface area contributed by atoms with E-state index in [1.807, 2.05) is 29.2 Å². The van der Waals surface area contributed by atoms with Gasteiger partial charge >= 0.3 is 0 Å². The van der Waals surface area contributed by atoms with Crippen LogP contribution in [0.4, 0.5) is 0 Å². The number of hydrogen-bond acceptors (Lipinski definition) is 3. The number of carbonyl (C=O) groups is 1. The molecular weight excluding hydrogens is 348 g/mol. The van der Waals surface area contributed by atoms with Gasteiger partial charge in [-0.05, 0) is 42.8 Å². The molecule has 1 aromatic rings. The lowest BCUT2D eigenvalue weighted by Gasteiger charge is -2.32. The van der Waals surface area contributed by atoms with E-state index in [9.17, 15) is 4.79 Å². The molecule has 0 bridgehead atoms. The van der Waals surface area contributed by atoms with E-state index >= 15 is 0 Å². The highest BCUT2D eigenvalue weighted by atomic mass is 35.5. The van der Waals surface area contributed by atoms with E-state index in [1.165, 1.54) is 24.8 Å². The van der Waals surface area contributed by atoms with E-state index in [-0.39, 0.29) is 17.3 Å². The molecule has 0 aromatic heterocycles. The second-order valence-corrected chi connectivity index (χ2v) is 8.36. The van der Waals surface area contributed by atoms with Gasteiger partial charge < -0.3 is 4.90 Å². The molecule has 1 saturated carbocycles. The Kier molecular flexibility index (Phi) is 4.28. The van der Waals surface area contributed by atoms with Crippen molar-refractivity contribution < 1.29 is 4.79 Å². The number of fused-ring (bicyclic) bond motifs is 1. The van der Waals surface area contributed by atoms with Crippen LogP contribution in [0.5, 0.6) is 0 Å². The van der Waals surface area contributed by atoms with Crippen LogP contribution < -0.4 is 0 Å². The fourth-order valence-electron chi connectivity index (χ4n) is 3.87. The first-order chi connectivity index (χ1) is 11.2. The topological polar surface area (TPSA) is 23.6 Å². The highest BCUT2D eigenvalue weighted by Gasteiger charge is 2.52. The highest BCUT2D eigenvalue weighted by molar-refractivity contribution is 7.99. The van der Waals surface area contributed by atoms with E-state index < -0.39 is 0 Å². The molecular formula is C17H19ClN2OS2. The van der Waals surface area contributed by atoms with Gasteiger partial charge in [0.1, 0.15) is 11.4 Å². The summed E-state index contributed by atoms with van der Waals surface area (Å²) in [6.45, 7) is 0. The van der Waals surface area contributed by atoms with Gasteiger partial charge in [-0.1, -0.05) is 43.0 Å². The van der Waals surface area contributed by atoms with Crippen molar-refractivity contribution in [3.63, 3.8) is 0 Å². The predicted octanol–water partition coefficient (Wildman–Crippen LogP) is 4.22. The number of benzene rings is 1. The molecule has 1 amide bonds. The van der Waals surface area contributed by atoms with E-state index in [0.717, 1.165) is 28.7 Å². The molecule has 4 rings (SSSR count). The summed E-state index contributed by atoms with van der Waals surface area (Å²) in [5, 5.41) is 1.59. The van der Waals surface area contributed by atoms with Crippen LogP contribution in [0.3, 0.4) is 0 Å². The monoisotopic (exact) mass is 366 g/mol. The Hall–Kier alpha value is -0.780. The first-order valence-corrected chi connectivity index (χ1v) is 10.0. The fraction of sp³-hybridized carbons (Fsp3) is 0.529. The molecule has 3 fully saturated rings. The zero-order valence-corrected chi connectivity index (χ0v) is 15.2. The molecule has 3 nitrogen and oxygen atoms in total. The van der Waals surface area contributed by atoms with Crippen molar-refractivity contribution in [3.8, 4) is 0 Å². The maximum absolute atomic E-state index is 12.9. The second-order valence-electron chi connectivity index (χ2n) is 6.44. The van der Waals surface area contributed by atoms with Crippen LogP contribution >= 0.6 is 35.6 Å². The summed E-state index contributed by atoms with van der Waals surface area (Å²) in [5.74, 6) is 1.03. The van der Waals surface area contributed by atoms with Crippen molar-refractivity contribution in [2.24, 2.45) is 0 Å². The number of halogens is 1. The van der Waals surface area contributed by atoms with Gasteiger partial charge in [-0.3, -0.25) is 9.69 Å². The molecule has 2 atom stereocenters. The Morgan fingerprint density at radius 3 is 2.52 bits per heavy atom. The SMILES string of the molecule is O=C1[C@H]2CS[C@H](c3ccc(Cl)cc3)N2C(=S)N1C1CCCCC1. The minimum atomic E-state index is -0.0879. The Bertz CT molecular complexity index is 630. The zero-order valence-electron chi connectivity index (χ0n) is 12.8. The zero-order chi connectivity index (χ0) is 16.0. The average molecular weight is 367 g/mol. The maximum Gasteiger partial charge on any atom is 0.252 e. The summed E-state index contributed by atoms with van der Waals surface area (Å²) in [5.41, 5.74) is 1.17. The quantitative estimate of drug-likeness (QED) is 0.731. The smallest absolute Gasteiger partial charge is 0.252 e. The van der Waals surface area contributed by atoms with E-state index in [0.29, 0.717) is 6.04 Å². The number of carbonyl (C=O) groups excluding carboxylic acids is 1. The molecule has 2 aliphatic heterocycles. The molecule has 1 aromatic carbocycles. The molecule has 6 heteroatoms. The van der Waals surface area contributed by atoms with Crippen LogP contribution in [-0.4, -0.2) is 38.7 Å². The van der Waals surface area contributed by atoms with Gasteiger partial charge in [0.2, 0.25) is 0 Å². The van der Waals surface area contributed by atoms with Gasteiger partial charge in [-0.2, -0.15) is 0 Å². The molecule has 0 radical (unpaired) electrons. The van der Waals surface area contributed by atoms with Gasteiger partial charge in [0, 0.05) is 16.8 Å². The van der Waals surface area contributed by atoms with Gasteiger partial charge in [0.05, 0.1) is 0 Å².